The van der Waals surface area contributed by atoms with Crippen LogP contribution in [0.2, 0.25) is 0 Å². The van der Waals surface area contributed by atoms with Gasteiger partial charge in [0.25, 0.3) is 0 Å². The maximum absolute atomic E-state index is 11.1. The Hall–Kier alpha value is -2.68. The van der Waals surface area contributed by atoms with Crippen LogP contribution in [0.4, 0.5) is 0 Å². The fourth-order valence-corrected chi connectivity index (χ4v) is 3.74. The number of carbonyl (C=O) groups is 1. The van der Waals surface area contributed by atoms with Crippen molar-refractivity contribution >= 4 is 16.7 Å². The van der Waals surface area contributed by atoms with Crippen molar-refractivity contribution in [2.75, 3.05) is 0 Å². The molecule has 3 aromatic rings. The van der Waals surface area contributed by atoms with E-state index in [-0.39, 0.29) is 0 Å². The van der Waals surface area contributed by atoms with Crippen molar-refractivity contribution in [2.24, 2.45) is 0 Å². The van der Waals surface area contributed by atoms with Crippen LogP contribution >= 0.6 is 0 Å². The highest BCUT2D eigenvalue weighted by atomic mass is 16.4. The van der Waals surface area contributed by atoms with Gasteiger partial charge in [-0.2, -0.15) is 0 Å². The third kappa shape index (κ3) is 6.15. The molecular weight excluding hydrogens is 358 g/mol. The second-order valence-electron chi connectivity index (χ2n) is 7.86. The van der Waals surface area contributed by atoms with Crippen molar-refractivity contribution in [1.29, 1.82) is 0 Å². The van der Waals surface area contributed by atoms with Crippen LogP contribution in [-0.2, 0) is 6.42 Å². The summed E-state index contributed by atoms with van der Waals surface area (Å²) in [4.78, 5) is 15.8. The Bertz CT molecular complexity index is 931. The number of hydrogen-bond acceptors (Lipinski definition) is 2. The van der Waals surface area contributed by atoms with Gasteiger partial charge in [-0.1, -0.05) is 76.1 Å². The van der Waals surface area contributed by atoms with E-state index in [2.05, 4.69) is 30.1 Å². The van der Waals surface area contributed by atoms with E-state index in [9.17, 15) is 4.79 Å². The Morgan fingerprint density at radius 3 is 2.21 bits per heavy atom. The molecular formula is C26H31NO2. The zero-order chi connectivity index (χ0) is 20.5. The minimum atomic E-state index is -0.898. The van der Waals surface area contributed by atoms with E-state index >= 15 is 0 Å². The highest BCUT2D eigenvalue weighted by Gasteiger charge is 2.06. The summed E-state index contributed by atoms with van der Waals surface area (Å²) >= 11 is 0. The Morgan fingerprint density at radius 2 is 1.52 bits per heavy atom. The first-order valence-electron chi connectivity index (χ1n) is 10.9. The number of benzene rings is 2. The first-order chi connectivity index (χ1) is 14.2. The lowest BCUT2D eigenvalue weighted by Gasteiger charge is -2.06. The molecule has 3 nitrogen and oxygen atoms in total. The van der Waals surface area contributed by atoms with E-state index in [1.54, 1.807) is 12.1 Å². The van der Waals surface area contributed by atoms with Gasteiger partial charge >= 0.3 is 5.97 Å². The average Bonchev–Trinajstić information content (AvgIpc) is 2.75. The molecule has 0 unspecified atom stereocenters. The third-order valence-electron chi connectivity index (χ3n) is 5.53. The van der Waals surface area contributed by atoms with Crippen molar-refractivity contribution in [3.05, 3.63) is 65.9 Å². The molecule has 0 bridgehead atoms. The highest BCUT2D eigenvalue weighted by Crippen LogP contribution is 2.24. The molecule has 152 valence electrons. The molecule has 1 aromatic heterocycles. The number of rotatable bonds is 11. The van der Waals surface area contributed by atoms with Crippen molar-refractivity contribution in [1.82, 2.24) is 4.98 Å². The highest BCUT2D eigenvalue weighted by molar-refractivity contribution is 5.95. The molecule has 0 amide bonds. The molecule has 3 heteroatoms. The van der Waals surface area contributed by atoms with Crippen molar-refractivity contribution in [2.45, 2.75) is 64.7 Å². The van der Waals surface area contributed by atoms with E-state index in [1.807, 2.05) is 24.4 Å². The lowest BCUT2D eigenvalue weighted by atomic mass is 10.0. The molecule has 1 N–H and O–H groups in total. The minimum absolute atomic E-state index is 0.314. The molecule has 3 rings (SSSR count). The summed E-state index contributed by atoms with van der Waals surface area (Å²) in [6.07, 6.45) is 13.8. The predicted octanol–water partition coefficient (Wildman–Crippen LogP) is 7.28. The summed E-state index contributed by atoms with van der Waals surface area (Å²) in [5, 5.41) is 11.1. The zero-order valence-electron chi connectivity index (χ0n) is 17.4. The fraction of sp³-hybridized carbons (Fsp3) is 0.385. The number of aromatic nitrogens is 1. The van der Waals surface area contributed by atoms with Gasteiger partial charge in [-0.05, 0) is 53.4 Å². The number of aryl methyl sites for hydroxylation is 1. The third-order valence-corrected chi connectivity index (χ3v) is 5.53. The summed E-state index contributed by atoms with van der Waals surface area (Å²) in [6.45, 7) is 2.26. The summed E-state index contributed by atoms with van der Waals surface area (Å²) in [5.74, 6) is -0.898. The van der Waals surface area contributed by atoms with Crippen LogP contribution in [0.15, 0.2) is 54.7 Å². The number of carboxylic acid groups (broad SMARTS) is 1. The number of pyridine rings is 1. The molecule has 0 atom stereocenters. The largest absolute Gasteiger partial charge is 0.478 e. The Kier molecular flexibility index (Phi) is 7.80. The van der Waals surface area contributed by atoms with Crippen molar-refractivity contribution in [3.63, 3.8) is 0 Å². The van der Waals surface area contributed by atoms with Crippen LogP contribution in [0.5, 0.6) is 0 Å². The number of hydrogen-bond donors (Lipinski definition) is 1. The summed E-state index contributed by atoms with van der Waals surface area (Å²) in [6, 6.07) is 15.5. The average molecular weight is 390 g/mol. The Morgan fingerprint density at radius 1 is 0.828 bits per heavy atom. The lowest BCUT2D eigenvalue weighted by molar-refractivity contribution is 0.0697. The van der Waals surface area contributed by atoms with Crippen LogP contribution in [0, 0.1) is 0 Å². The van der Waals surface area contributed by atoms with Crippen LogP contribution < -0.4 is 0 Å². The molecule has 0 saturated heterocycles. The molecule has 0 spiro atoms. The Balaban J connectivity index is 1.53. The number of nitrogens with zero attached hydrogens (tertiary/aromatic N) is 1. The van der Waals surface area contributed by atoms with Gasteiger partial charge in [-0.25, -0.2) is 4.79 Å². The van der Waals surface area contributed by atoms with Gasteiger partial charge in [0, 0.05) is 11.8 Å². The van der Waals surface area contributed by atoms with Crippen LogP contribution in [-0.4, -0.2) is 16.1 Å². The maximum atomic E-state index is 11.1. The molecule has 0 aliphatic rings. The van der Waals surface area contributed by atoms with Crippen molar-refractivity contribution in [3.8, 4) is 11.3 Å². The van der Waals surface area contributed by atoms with Gasteiger partial charge in [0.05, 0.1) is 11.3 Å². The van der Waals surface area contributed by atoms with E-state index < -0.39 is 5.97 Å². The summed E-state index contributed by atoms with van der Waals surface area (Å²) in [5.41, 5.74) is 3.62. The van der Waals surface area contributed by atoms with Gasteiger partial charge in [0.1, 0.15) is 0 Å². The number of fused-ring (bicyclic) bond motifs is 1. The SMILES string of the molecule is CCCCCCCCCCc1ccc(-c2ccc3cc(C(=O)O)ccc3c2)nc1. The number of carboxylic acids is 1. The van der Waals surface area contributed by atoms with E-state index in [0.717, 1.165) is 28.5 Å². The standard InChI is InChI=1S/C26H31NO2/c1-2-3-4-5-6-7-8-9-10-20-11-16-25(27-19-20)23-14-12-22-18-24(26(28)29)15-13-21(22)17-23/h11-19H,2-10H2,1H3,(H,28,29). The van der Waals surface area contributed by atoms with E-state index in [0.29, 0.717) is 5.56 Å². The summed E-state index contributed by atoms with van der Waals surface area (Å²) < 4.78 is 0. The first-order valence-corrected chi connectivity index (χ1v) is 10.9. The topological polar surface area (TPSA) is 50.2 Å². The molecule has 0 saturated carbocycles. The van der Waals surface area contributed by atoms with Gasteiger partial charge < -0.3 is 5.11 Å². The van der Waals surface area contributed by atoms with E-state index in [4.69, 9.17) is 5.11 Å². The molecule has 2 aromatic carbocycles. The normalized spacial score (nSPS) is 11.1. The van der Waals surface area contributed by atoms with Gasteiger partial charge in [0.15, 0.2) is 0 Å². The predicted molar refractivity (Wildman–Crippen MR) is 120 cm³/mol. The fourth-order valence-electron chi connectivity index (χ4n) is 3.74. The van der Waals surface area contributed by atoms with Crippen LogP contribution in [0.3, 0.4) is 0 Å². The van der Waals surface area contributed by atoms with Gasteiger partial charge in [-0.3, -0.25) is 4.98 Å². The zero-order valence-corrected chi connectivity index (χ0v) is 17.4. The first kappa shape index (κ1) is 21.0. The quantitative estimate of drug-likeness (QED) is 0.350. The Labute approximate surface area is 173 Å². The molecule has 0 radical (unpaired) electrons. The number of aromatic carboxylic acids is 1. The van der Waals surface area contributed by atoms with Crippen molar-refractivity contribution < 1.29 is 9.90 Å². The van der Waals surface area contributed by atoms with E-state index in [1.165, 1.54) is 56.9 Å². The molecule has 0 aliphatic heterocycles. The summed E-state index contributed by atoms with van der Waals surface area (Å²) in [7, 11) is 0. The van der Waals surface area contributed by atoms with Gasteiger partial charge in [0.2, 0.25) is 0 Å². The minimum Gasteiger partial charge on any atom is -0.478 e. The van der Waals surface area contributed by atoms with Gasteiger partial charge in [-0.15, -0.1) is 0 Å². The lowest BCUT2D eigenvalue weighted by Crippen LogP contribution is -1.95. The second kappa shape index (κ2) is 10.8. The molecule has 29 heavy (non-hydrogen) atoms. The monoisotopic (exact) mass is 389 g/mol. The molecule has 1 heterocycles. The second-order valence-corrected chi connectivity index (χ2v) is 7.86. The number of unbranched alkanes of at least 4 members (excludes halogenated alkanes) is 7. The smallest absolute Gasteiger partial charge is 0.335 e. The van der Waals surface area contributed by atoms with Crippen LogP contribution in [0.1, 0.15) is 74.2 Å². The molecule has 0 fully saturated rings. The maximum Gasteiger partial charge on any atom is 0.335 e. The molecule has 0 aliphatic carbocycles. The van der Waals surface area contributed by atoms with Crippen LogP contribution in [0.25, 0.3) is 22.0 Å².